The standard InChI is InChI=1S/C24H32N4O3/c29-23-15-31-22-9-11-26(14-20(22)25-23)24(30)27-12-18(13-27)16-5-7-19(8-6-16)28-10-1-2-21(28)17-3-4-17/h5-8,17-18,20-22H,1-4,9-15H2,(H,25,29)/t20-,21?,22+/m1/s1. The summed E-state index contributed by atoms with van der Waals surface area (Å²) in [6, 6.07) is 9.89. The normalized spacial score (nSPS) is 31.3. The Morgan fingerprint density at radius 2 is 1.77 bits per heavy atom. The van der Waals surface area contributed by atoms with Crippen LogP contribution in [0.25, 0.3) is 0 Å². The summed E-state index contributed by atoms with van der Waals surface area (Å²) in [5, 5.41) is 2.97. The number of fused-ring (bicyclic) bond motifs is 1. The van der Waals surface area contributed by atoms with Gasteiger partial charge >= 0.3 is 6.03 Å². The highest BCUT2D eigenvalue weighted by Gasteiger charge is 2.41. The highest BCUT2D eigenvalue weighted by molar-refractivity contribution is 5.79. The number of morpholine rings is 1. The van der Waals surface area contributed by atoms with Crippen molar-refractivity contribution < 1.29 is 14.3 Å². The van der Waals surface area contributed by atoms with Gasteiger partial charge in [0.15, 0.2) is 0 Å². The maximum atomic E-state index is 12.9. The number of hydrogen-bond acceptors (Lipinski definition) is 4. The van der Waals surface area contributed by atoms with Crippen molar-refractivity contribution in [3.05, 3.63) is 29.8 Å². The fourth-order valence-electron chi connectivity index (χ4n) is 5.94. The molecule has 0 radical (unpaired) electrons. The zero-order valence-electron chi connectivity index (χ0n) is 18.0. The third-order valence-electron chi connectivity index (χ3n) is 7.91. The summed E-state index contributed by atoms with van der Waals surface area (Å²) in [4.78, 5) is 31.0. The molecule has 0 aromatic heterocycles. The summed E-state index contributed by atoms with van der Waals surface area (Å²) in [6.45, 7) is 4.13. The number of hydrogen-bond donors (Lipinski definition) is 1. The second-order valence-corrected chi connectivity index (χ2v) is 9.97. The first-order valence-electron chi connectivity index (χ1n) is 12.0. The van der Waals surface area contributed by atoms with Crippen LogP contribution in [-0.4, -0.2) is 79.3 Å². The van der Waals surface area contributed by atoms with E-state index in [0.29, 0.717) is 19.0 Å². The SMILES string of the molecule is O=C1CO[C@H]2CCN(C(=O)N3CC(c4ccc(N5CCCC5C5CC5)cc4)C3)C[C@H]2N1. The number of carbonyl (C=O) groups excluding carboxylic acids is 2. The molecular weight excluding hydrogens is 392 g/mol. The molecule has 6 rings (SSSR count). The summed E-state index contributed by atoms with van der Waals surface area (Å²) < 4.78 is 5.60. The van der Waals surface area contributed by atoms with Gasteiger partial charge in [0, 0.05) is 50.4 Å². The molecule has 4 saturated heterocycles. The summed E-state index contributed by atoms with van der Waals surface area (Å²) >= 11 is 0. The van der Waals surface area contributed by atoms with Crippen LogP contribution in [0.4, 0.5) is 10.5 Å². The number of likely N-dealkylation sites (tertiary alicyclic amines) is 2. The number of anilines is 1. The fraction of sp³-hybridized carbons (Fsp3) is 0.667. The third-order valence-corrected chi connectivity index (χ3v) is 7.91. The number of nitrogens with zero attached hydrogens (tertiary/aromatic N) is 3. The summed E-state index contributed by atoms with van der Waals surface area (Å²) in [7, 11) is 0. The lowest BCUT2D eigenvalue weighted by Gasteiger charge is -2.46. The molecule has 5 aliphatic rings. The Morgan fingerprint density at radius 1 is 0.968 bits per heavy atom. The highest BCUT2D eigenvalue weighted by atomic mass is 16.5. The van der Waals surface area contributed by atoms with E-state index in [4.69, 9.17) is 4.74 Å². The smallest absolute Gasteiger partial charge is 0.320 e. The van der Waals surface area contributed by atoms with Crippen molar-refractivity contribution in [1.82, 2.24) is 15.1 Å². The molecule has 0 bridgehead atoms. The van der Waals surface area contributed by atoms with Gasteiger partial charge in [0.1, 0.15) is 6.61 Å². The quantitative estimate of drug-likeness (QED) is 0.808. The molecule has 1 N–H and O–H groups in total. The van der Waals surface area contributed by atoms with Gasteiger partial charge in [-0.1, -0.05) is 12.1 Å². The van der Waals surface area contributed by atoms with E-state index >= 15 is 0 Å². The third kappa shape index (κ3) is 3.67. The molecular formula is C24H32N4O3. The fourth-order valence-corrected chi connectivity index (χ4v) is 5.94. The van der Waals surface area contributed by atoms with E-state index in [0.717, 1.165) is 31.5 Å². The van der Waals surface area contributed by atoms with Crippen molar-refractivity contribution in [3.63, 3.8) is 0 Å². The minimum absolute atomic E-state index is 0.0412. The lowest BCUT2D eigenvalue weighted by Crippen LogP contribution is -2.63. The van der Waals surface area contributed by atoms with Crippen molar-refractivity contribution in [2.24, 2.45) is 5.92 Å². The molecule has 1 unspecified atom stereocenters. The first kappa shape index (κ1) is 19.4. The number of rotatable bonds is 3. The van der Waals surface area contributed by atoms with Crippen LogP contribution in [0.1, 0.15) is 43.6 Å². The van der Waals surface area contributed by atoms with Crippen LogP contribution >= 0.6 is 0 Å². The number of urea groups is 1. The van der Waals surface area contributed by atoms with Gasteiger partial charge < -0.3 is 24.8 Å². The van der Waals surface area contributed by atoms with Crippen LogP contribution < -0.4 is 10.2 Å². The number of amides is 3. The molecule has 1 aromatic rings. The molecule has 4 aliphatic heterocycles. The molecule has 4 heterocycles. The number of carbonyl (C=O) groups is 2. The van der Waals surface area contributed by atoms with Gasteiger partial charge in [-0.2, -0.15) is 0 Å². The second kappa shape index (κ2) is 7.69. The number of piperidine rings is 1. The topological polar surface area (TPSA) is 65.1 Å². The zero-order chi connectivity index (χ0) is 20.9. The van der Waals surface area contributed by atoms with Crippen molar-refractivity contribution in [2.75, 3.05) is 44.2 Å². The summed E-state index contributed by atoms with van der Waals surface area (Å²) in [6.07, 6.45) is 6.30. The monoisotopic (exact) mass is 424 g/mol. The highest BCUT2D eigenvalue weighted by Crippen LogP contribution is 2.42. The predicted molar refractivity (Wildman–Crippen MR) is 117 cm³/mol. The minimum Gasteiger partial charge on any atom is -0.368 e. The Hall–Kier alpha value is -2.28. The van der Waals surface area contributed by atoms with Gasteiger partial charge in [-0.25, -0.2) is 4.79 Å². The molecule has 7 heteroatoms. The Bertz CT molecular complexity index is 849. The van der Waals surface area contributed by atoms with Crippen LogP contribution in [0, 0.1) is 5.92 Å². The molecule has 0 spiro atoms. The number of ether oxygens (including phenoxy) is 1. The van der Waals surface area contributed by atoms with Gasteiger partial charge in [-0.3, -0.25) is 4.79 Å². The zero-order valence-corrected chi connectivity index (χ0v) is 18.0. The Labute approximate surface area is 183 Å². The molecule has 7 nitrogen and oxygen atoms in total. The first-order chi connectivity index (χ1) is 15.2. The van der Waals surface area contributed by atoms with Crippen molar-refractivity contribution in [1.29, 1.82) is 0 Å². The van der Waals surface area contributed by atoms with E-state index in [1.165, 1.54) is 43.5 Å². The van der Waals surface area contributed by atoms with Crippen LogP contribution in [0.15, 0.2) is 24.3 Å². The van der Waals surface area contributed by atoms with Crippen molar-refractivity contribution in [2.45, 2.75) is 56.2 Å². The maximum Gasteiger partial charge on any atom is 0.320 e. The van der Waals surface area contributed by atoms with Crippen LogP contribution in [0.2, 0.25) is 0 Å². The summed E-state index contributed by atoms with van der Waals surface area (Å²) in [5.74, 6) is 1.26. The Kier molecular flexibility index (Phi) is 4.82. The molecule has 3 amide bonds. The van der Waals surface area contributed by atoms with E-state index in [1.807, 2.05) is 9.80 Å². The predicted octanol–water partition coefficient (Wildman–Crippen LogP) is 2.17. The Morgan fingerprint density at radius 3 is 2.55 bits per heavy atom. The number of benzene rings is 1. The average Bonchev–Trinajstić information content (AvgIpc) is 3.49. The first-order valence-corrected chi connectivity index (χ1v) is 12.0. The molecule has 31 heavy (non-hydrogen) atoms. The van der Waals surface area contributed by atoms with Crippen molar-refractivity contribution >= 4 is 17.6 Å². The lowest BCUT2D eigenvalue weighted by atomic mass is 9.91. The summed E-state index contributed by atoms with van der Waals surface area (Å²) in [5.41, 5.74) is 2.70. The van der Waals surface area contributed by atoms with Gasteiger partial charge in [0.25, 0.3) is 0 Å². The molecule has 3 atom stereocenters. The molecule has 1 aromatic carbocycles. The minimum atomic E-state index is -0.0830. The van der Waals surface area contributed by atoms with Gasteiger partial charge in [0.2, 0.25) is 5.91 Å². The second-order valence-electron chi connectivity index (χ2n) is 9.97. The lowest BCUT2D eigenvalue weighted by molar-refractivity contribution is -0.139. The van der Waals surface area contributed by atoms with Crippen molar-refractivity contribution in [3.8, 4) is 0 Å². The van der Waals surface area contributed by atoms with E-state index in [-0.39, 0.29) is 30.7 Å². The van der Waals surface area contributed by atoms with Crippen LogP contribution in [0.5, 0.6) is 0 Å². The Balaban J connectivity index is 1.03. The largest absolute Gasteiger partial charge is 0.368 e. The molecule has 166 valence electrons. The molecule has 1 aliphatic carbocycles. The van der Waals surface area contributed by atoms with E-state index < -0.39 is 0 Å². The van der Waals surface area contributed by atoms with E-state index in [2.05, 4.69) is 34.5 Å². The molecule has 1 saturated carbocycles. The van der Waals surface area contributed by atoms with E-state index in [9.17, 15) is 9.59 Å². The van der Waals surface area contributed by atoms with Gasteiger partial charge in [0.05, 0.1) is 12.1 Å². The average molecular weight is 425 g/mol. The number of nitrogens with one attached hydrogen (secondary N) is 1. The van der Waals surface area contributed by atoms with E-state index in [1.54, 1.807) is 0 Å². The molecule has 5 fully saturated rings. The van der Waals surface area contributed by atoms with Crippen LogP contribution in [0.3, 0.4) is 0 Å². The maximum absolute atomic E-state index is 12.9. The van der Waals surface area contributed by atoms with Crippen LogP contribution in [-0.2, 0) is 9.53 Å². The van der Waals surface area contributed by atoms with Gasteiger partial charge in [-0.15, -0.1) is 0 Å². The van der Waals surface area contributed by atoms with Gasteiger partial charge in [-0.05, 0) is 55.7 Å².